The molecule has 3 aromatic heterocycles. The zero-order valence-corrected chi connectivity index (χ0v) is 18.2. The molecule has 1 saturated heterocycles. The molecular weight excluding hydrogens is 396 g/mol. The number of aryl methyl sites for hydroxylation is 3. The summed E-state index contributed by atoms with van der Waals surface area (Å²) in [7, 11) is 0. The predicted octanol–water partition coefficient (Wildman–Crippen LogP) is 2.90. The molecule has 0 unspecified atom stereocenters. The van der Waals surface area contributed by atoms with Gasteiger partial charge in [0.1, 0.15) is 11.6 Å². The lowest BCUT2D eigenvalue weighted by atomic mass is 10.3. The van der Waals surface area contributed by atoms with Crippen molar-refractivity contribution in [3.63, 3.8) is 0 Å². The van der Waals surface area contributed by atoms with Crippen molar-refractivity contribution in [2.75, 3.05) is 38.2 Å². The molecule has 1 amide bonds. The van der Waals surface area contributed by atoms with Crippen LogP contribution >= 0.6 is 0 Å². The predicted molar refractivity (Wildman–Crippen MR) is 116 cm³/mol. The normalized spacial score (nSPS) is 15.1. The number of nitrogens with one attached hydrogen (secondary N) is 1. The highest BCUT2D eigenvalue weighted by molar-refractivity contribution is 5.90. The van der Waals surface area contributed by atoms with Crippen LogP contribution in [0.25, 0.3) is 17.4 Å². The molecule has 1 N–H and O–H groups in total. The van der Waals surface area contributed by atoms with E-state index in [-0.39, 0.29) is 5.91 Å². The molecule has 1 aliphatic heterocycles. The highest BCUT2D eigenvalue weighted by Gasteiger charge is 2.16. The number of aromatic nitrogens is 4. The van der Waals surface area contributed by atoms with Gasteiger partial charge in [-0.25, -0.2) is 14.6 Å². The van der Waals surface area contributed by atoms with Gasteiger partial charge >= 0.3 is 0 Å². The summed E-state index contributed by atoms with van der Waals surface area (Å²) in [5.74, 6) is 2.61. The molecule has 0 saturated carbocycles. The van der Waals surface area contributed by atoms with Crippen molar-refractivity contribution < 1.29 is 13.9 Å². The van der Waals surface area contributed by atoms with Gasteiger partial charge < -0.3 is 19.4 Å². The van der Waals surface area contributed by atoms with Gasteiger partial charge in [0.05, 0.1) is 12.3 Å². The molecule has 3 aromatic rings. The number of ether oxygens (including phenoxy) is 1. The molecule has 4 rings (SSSR count). The Morgan fingerprint density at radius 3 is 2.74 bits per heavy atom. The van der Waals surface area contributed by atoms with Gasteiger partial charge in [-0.15, -0.1) is 0 Å². The number of furan rings is 1. The Bertz CT molecular complexity index is 1050. The van der Waals surface area contributed by atoms with Gasteiger partial charge in [-0.1, -0.05) is 0 Å². The van der Waals surface area contributed by atoms with E-state index in [1.54, 1.807) is 10.7 Å². The zero-order valence-electron chi connectivity index (χ0n) is 18.2. The molecule has 9 nitrogen and oxygen atoms in total. The first kappa shape index (κ1) is 21.2. The van der Waals surface area contributed by atoms with E-state index in [9.17, 15) is 4.79 Å². The third-order valence-corrected chi connectivity index (χ3v) is 5.14. The Morgan fingerprint density at radius 1 is 1.13 bits per heavy atom. The van der Waals surface area contributed by atoms with Gasteiger partial charge in [0.15, 0.2) is 17.4 Å². The monoisotopic (exact) mass is 424 g/mol. The van der Waals surface area contributed by atoms with Crippen molar-refractivity contribution in [1.29, 1.82) is 0 Å². The van der Waals surface area contributed by atoms with Crippen LogP contribution in [0.2, 0.25) is 0 Å². The van der Waals surface area contributed by atoms with E-state index >= 15 is 0 Å². The minimum Gasteiger partial charge on any atom is -0.458 e. The van der Waals surface area contributed by atoms with Crippen molar-refractivity contribution in [2.45, 2.75) is 33.6 Å². The Morgan fingerprint density at radius 2 is 2.00 bits per heavy atom. The molecule has 0 bridgehead atoms. The molecule has 0 aromatic carbocycles. The minimum atomic E-state index is -0.0928. The highest BCUT2D eigenvalue weighted by Crippen LogP contribution is 2.23. The number of amides is 1. The zero-order chi connectivity index (χ0) is 21.8. The number of hydrogen-bond acceptors (Lipinski definition) is 7. The third-order valence-electron chi connectivity index (χ3n) is 5.14. The number of nitrogens with zero attached hydrogens (tertiary/aromatic N) is 5. The molecule has 1 fully saturated rings. The number of carbonyl (C=O) groups is 1. The van der Waals surface area contributed by atoms with E-state index in [1.807, 2.05) is 39.0 Å². The van der Waals surface area contributed by atoms with Crippen LogP contribution < -0.4 is 5.32 Å². The second-order valence-corrected chi connectivity index (χ2v) is 7.79. The summed E-state index contributed by atoms with van der Waals surface area (Å²) in [5.41, 5.74) is 1.83. The second kappa shape index (κ2) is 9.40. The first-order valence-corrected chi connectivity index (χ1v) is 10.6. The molecule has 31 heavy (non-hydrogen) atoms. The van der Waals surface area contributed by atoms with Gasteiger partial charge in [0.25, 0.3) is 0 Å². The molecule has 0 aliphatic carbocycles. The first-order chi connectivity index (χ1) is 15.0. The lowest BCUT2D eigenvalue weighted by Crippen LogP contribution is -2.30. The summed E-state index contributed by atoms with van der Waals surface area (Å²) in [6.45, 7) is 9.74. The summed E-state index contributed by atoms with van der Waals surface area (Å²) in [6, 6.07) is 7.39. The first-order valence-electron chi connectivity index (χ1n) is 10.6. The summed E-state index contributed by atoms with van der Waals surface area (Å²) in [4.78, 5) is 24.0. The summed E-state index contributed by atoms with van der Waals surface area (Å²) >= 11 is 0. The van der Waals surface area contributed by atoms with Crippen molar-refractivity contribution >= 4 is 11.7 Å². The van der Waals surface area contributed by atoms with E-state index in [0.29, 0.717) is 42.8 Å². The van der Waals surface area contributed by atoms with E-state index in [4.69, 9.17) is 9.15 Å². The quantitative estimate of drug-likeness (QED) is 0.650. The number of rotatable bonds is 6. The van der Waals surface area contributed by atoms with E-state index in [1.165, 1.54) is 0 Å². The standard InChI is InChI=1S/C22H28N6O3/c1-15-13-16(2)28(26-15)20-14-19(24-22(25-20)18-6-5-17(3)31-18)23-21(29)7-9-27-8-4-11-30-12-10-27/h5-6,13-14H,4,7-12H2,1-3H3,(H,23,24,25,29). The Kier molecular flexibility index (Phi) is 6.43. The van der Waals surface area contributed by atoms with Crippen molar-refractivity contribution in [2.24, 2.45) is 0 Å². The van der Waals surface area contributed by atoms with Crippen LogP contribution in [0.3, 0.4) is 0 Å². The smallest absolute Gasteiger partial charge is 0.226 e. The molecule has 4 heterocycles. The van der Waals surface area contributed by atoms with Crippen LogP contribution in [0.15, 0.2) is 28.7 Å². The fraction of sp³-hybridized carbons (Fsp3) is 0.455. The van der Waals surface area contributed by atoms with Crippen LogP contribution in [0.4, 0.5) is 5.82 Å². The molecule has 9 heteroatoms. The maximum Gasteiger partial charge on any atom is 0.226 e. The van der Waals surface area contributed by atoms with Crippen molar-refractivity contribution in [3.8, 4) is 17.4 Å². The van der Waals surface area contributed by atoms with Gasteiger partial charge in [0.2, 0.25) is 5.91 Å². The molecule has 0 radical (unpaired) electrons. The van der Waals surface area contributed by atoms with Gasteiger partial charge in [0, 0.05) is 44.4 Å². The van der Waals surface area contributed by atoms with Crippen molar-refractivity contribution in [1.82, 2.24) is 24.6 Å². The van der Waals surface area contributed by atoms with Crippen LogP contribution in [-0.4, -0.2) is 63.4 Å². The average Bonchev–Trinajstić information content (AvgIpc) is 3.21. The van der Waals surface area contributed by atoms with Crippen LogP contribution in [-0.2, 0) is 9.53 Å². The van der Waals surface area contributed by atoms with E-state index in [0.717, 1.165) is 43.3 Å². The minimum absolute atomic E-state index is 0.0928. The lowest BCUT2D eigenvalue weighted by Gasteiger charge is -2.18. The maximum atomic E-state index is 12.6. The molecule has 0 spiro atoms. The average molecular weight is 425 g/mol. The Balaban J connectivity index is 1.55. The highest BCUT2D eigenvalue weighted by atomic mass is 16.5. The topological polar surface area (TPSA) is 98.3 Å². The lowest BCUT2D eigenvalue weighted by molar-refractivity contribution is -0.116. The van der Waals surface area contributed by atoms with Gasteiger partial charge in [-0.05, 0) is 45.4 Å². The Hall–Kier alpha value is -3.04. The number of anilines is 1. The number of hydrogen-bond donors (Lipinski definition) is 1. The van der Waals surface area contributed by atoms with Crippen molar-refractivity contribution in [3.05, 3.63) is 41.4 Å². The van der Waals surface area contributed by atoms with Gasteiger partial charge in [-0.2, -0.15) is 5.10 Å². The van der Waals surface area contributed by atoms with Crippen LogP contribution in [0, 0.1) is 20.8 Å². The molecule has 1 aliphatic rings. The fourth-order valence-electron chi connectivity index (χ4n) is 3.62. The molecule has 164 valence electrons. The third kappa shape index (κ3) is 5.36. The van der Waals surface area contributed by atoms with Crippen LogP contribution in [0.5, 0.6) is 0 Å². The van der Waals surface area contributed by atoms with E-state index in [2.05, 4.69) is 25.3 Å². The second-order valence-electron chi connectivity index (χ2n) is 7.79. The Labute approximate surface area is 181 Å². The molecule has 0 atom stereocenters. The maximum absolute atomic E-state index is 12.6. The van der Waals surface area contributed by atoms with Gasteiger partial charge in [-0.3, -0.25) is 4.79 Å². The van der Waals surface area contributed by atoms with Crippen LogP contribution in [0.1, 0.15) is 30.0 Å². The number of carbonyl (C=O) groups excluding carboxylic acids is 1. The summed E-state index contributed by atoms with van der Waals surface area (Å²) in [6.07, 6.45) is 1.37. The largest absolute Gasteiger partial charge is 0.458 e. The summed E-state index contributed by atoms with van der Waals surface area (Å²) < 4.78 is 12.9. The molecular formula is C22H28N6O3. The summed E-state index contributed by atoms with van der Waals surface area (Å²) in [5, 5.41) is 7.43. The van der Waals surface area contributed by atoms with E-state index < -0.39 is 0 Å². The fourth-order valence-corrected chi connectivity index (χ4v) is 3.62. The SMILES string of the molecule is Cc1cc(C)n(-c2cc(NC(=O)CCN3CCCOCC3)nc(-c3ccc(C)o3)n2)n1.